The van der Waals surface area contributed by atoms with Crippen molar-refractivity contribution < 1.29 is 17.9 Å². The molecule has 0 bridgehead atoms. The van der Waals surface area contributed by atoms with Crippen molar-refractivity contribution in [1.29, 1.82) is 0 Å². The third kappa shape index (κ3) is 4.57. The quantitative estimate of drug-likeness (QED) is 0.684. The number of anilines is 1. The van der Waals surface area contributed by atoms with Crippen LogP contribution in [0.5, 0.6) is 11.5 Å². The first-order valence-corrected chi connectivity index (χ1v) is 9.97. The minimum absolute atomic E-state index is 0.132. The predicted molar refractivity (Wildman–Crippen MR) is 108 cm³/mol. The summed E-state index contributed by atoms with van der Waals surface area (Å²) in [5.41, 5.74) is 0.926. The van der Waals surface area contributed by atoms with Crippen molar-refractivity contribution in [2.24, 2.45) is 0 Å². The van der Waals surface area contributed by atoms with Crippen molar-refractivity contribution in [2.45, 2.75) is 4.90 Å². The van der Waals surface area contributed by atoms with Crippen molar-refractivity contribution in [3.8, 4) is 11.5 Å². The number of nitrogens with one attached hydrogen (secondary N) is 1. The van der Waals surface area contributed by atoms with Crippen LogP contribution < -0.4 is 10.1 Å². The SMILES string of the molecule is CN(C)S(=O)(=O)c1ccc(C(=O)Nc2cccc(Oc3ccccc3)c2)cc1. The molecule has 1 amide bonds. The summed E-state index contributed by atoms with van der Waals surface area (Å²) in [4.78, 5) is 12.6. The summed E-state index contributed by atoms with van der Waals surface area (Å²) in [5, 5.41) is 2.79. The lowest BCUT2D eigenvalue weighted by molar-refractivity contribution is 0.102. The van der Waals surface area contributed by atoms with Crippen LogP contribution in [0.1, 0.15) is 10.4 Å². The predicted octanol–water partition coefficient (Wildman–Crippen LogP) is 3.98. The standard InChI is InChI=1S/C21H20N2O4S/c1-23(2)28(25,26)20-13-11-16(12-14-20)21(24)22-17-7-6-10-19(15-17)27-18-8-4-3-5-9-18/h3-15H,1-2H3,(H,22,24). The van der Waals surface area contributed by atoms with E-state index in [9.17, 15) is 13.2 Å². The molecular formula is C21H20N2O4S. The number of carbonyl (C=O) groups excluding carboxylic acids is 1. The number of carbonyl (C=O) groups is 1. The van der Waals surface area contributed by atoms with Gasteiger partial charge in [0.15, 0.2) is 0 Å². The lowest BCUT2D eigenvalue weighted by Crippen LogP contribution is -2.22. The first-order valence-electron chi connectivity index (χ1n) is 8.53. The van der Waals surface area contributed by atoms with Crippen LogP contribution in [0, 0.1) is 0 Å². The van der Waals surface area contributed by atoms with E-state index in [1.807, 2.05) is 30.3 Å². The number of hydrogen-bond acceptors (Lipinski definition) is 4. The molecule has 0 saturated carbocycles. The minimum atomic E-state index is -3.53. The van der Waals surface area contributed by atoms with Gasteiger partial charge in [-0.3, -0.25) is 4.79 Å². The second-order valence-corrected chi connectivity index (χ2v) is 8.36. The van der Waals surface area contributed by atoms with Crippen LogP contribution >= 0.6 is 0 Å². The van der Waals surface area contributed by atoms with E-state index >= 15 is 0 Å². The zero-order chi connectivity index (χ0) is 20.1. The minimum Gasteiger partial charge on any atom is -0.457 e. The number of para-hydroxylation sites is 1. The third-order valence-electron chi connectivity index (χ3n) is 3.97. The zero-order valence-corrected chi connectivity index (χ0v) is 16.3. The van der Waals surface area contributed by atoms with Crippen LogP contribution in [0.3, 0.4) is 0 Å². The monoisotopic (exact) mass is 396 g/mol. The third-order valence-corrected chi connectivity index (χ3v) is 5.80. The summed E-state index contributed by atoms with van der Waals surface area (Å²) in [6.45, 7) is 0. The molecule has 1 N–H and O–H groups in total. The second kappa shape index (κ2) is 8.24. The van der Waals surface area contributed by atoms with Crippen LogP contribution in [-0.4, -0.2) is 32.7 Å². The van der Waals surface area contributed by atoms with Crippen molar-refractivity contribution in [1.82, 2.24) is 4.31 Å². The Hall–Kier alpha value is -3.16. The normalized spacial score (nSPS) is 11.2. The van der Waals surface area contributed by atoms with Crippen LogP contribution in [0.15, 0.2) is 83.8 Å². The van der Waals surface area contributed by atoms with Crippen molar-refractivity contribution in [3.05, 3.63) is 84.4 Å². The maximum atomic E-state index is 12.5. The first kappa shape index (κ1) is 19.6. The van der Waals surface area contributed by atoms with Gasteiger partial charge in [0.2, 0.25) is 10.0 Å². The lowest BCUT2D eigenvalue weighted by atomic mass is 10.2. The molecule has 0 atom stereocenters. The Morgan fingerprint density at radius 3 is 2.14 bits per heavy atom. The molecule has 144 valence electrons. The van der Waals surface area contributed by atoms with Crippen molar-refractivity contribution in [3.63, 3.8) is 0 Å². The van der Waals surface area contributed by atoms with Gasteiger partial charge in [0.1, 0.15) is 11.5 Å². The molecule has 3 rings (SSSR count). The van der Waals surface area contributed by atoms with Gasteiger partial charge >= 0.3 is 0 Å². The number of rotatable bonds is 6. The fraction of sp³-hybridized carbons (Fsp3) is 0.0952. The Kier molecular flexibility index (Phi) is 5.77. The van der Waals surface area contributed by atoms with Gasteiger partial charge in [-0.15, -0.1) is 0 Å². The largest absolute Gasteiger partial charge is 0.457 e. The highest BCUT2D eigenvalue weighted by Gasteiger charge is 2.17. The highest BCUT2D eigenvalue weighted by atomic mass is 32.2. The van der Waals surface area contributed by atoms with E-state index in [4.69, 9.17) is 4.74 Å². The Labute approximate surface area is 164 Å². The average molecular weight is 396 g/mol. The Balaban J connectivity index is 1.72. The number of benzene rings is 3. The Morgan fingerprint density at radius 2 is 1.50 bits per heavy atom. The van der Waals surface area contributed by atoms with E-state index in [-0.39, 0.29) is 10.8 Å². The molecule has 0 aromatic heterocycles. The molecule has 0 fully saturated rings. The van der Waals surface area contributed by atoms with Gasteiger partial charge in [-0.2, -0.15) is 0 Å². The van der Waals surface area contributed by atoms with E-state index in [1.165, 1.54) is 38.4 Å². The summed E-state index contributed by atoms with van der Waals surface area (Å²) in [7, 11) is -0.611. The highest BCUT2D eigenvalue weighted by Crippen LogP contribution is 2.24. The zero-order valence-electron chi connectivity index (χ0n) is 15.5. The molecule has 3 aromatic rings. The Morgan fingerprint density at radius 1 is 0.857 bits per heavy atom. The molecule has 0 unspecified atom stereocenters. The van der Waals surface area contributed by atoms with Crippen LogP contribution in [-0.2, 0) is 10.0 Å². The van der Waals surface area contributed by atoms with Crippen LogP contribution in [0.25, 0.3) is 0 Å². The first-order chi connectivity index (χ1) is 13.4. The van der Waals surface area contributed by atoms with Gasteiger partial charge in [-0.1, -0.05) is 24.3 Å². The molecule has 0 aliphatic carbocycles. The van der Waals surface area contributed by atoms with Gasteiger partial charge in [0, 0.05) is 31.4 Å². The van der Waals surface area contributed by atoms with Gasteiger partial charge in [-0.05, 0) is 48.5 Å². The number of amides is 1. The fourth-order valence-corrected chi connectivity index (χ4v) is 3.36. The van der Waals surface area contributed by atoms with E-state index in [0.29, 0.717) is 22.7 Å². The van der Waals surface area contributed by atoms with E-state index in [1.54, 1.807) is 24.3 Å². The summed E-state index contributed by atoms with van der Waals surface area (Å²) in [6, 6.07) is 22.2. The number of sulfonamides is 1. The Bertz CT molecular complexity index is 1060. The fourth-order valence-electron chi connectivity index (χ4n) is 2.45. The summed E-state index contributed by atoms with van der Waals surface area (Å²) in [6.07, 6.45) is 0. The average Bonchev–Trinajstić information content (AvgIpc) is 2.69. The second-order valence-electron chi connectivity index (χ2n) is 6.21. The molecule has 3 aromatic carbocycles. The molecule has 7 heteroatoms. The number of ether oxygens (including phenoxy) is 1. The number of nitrogens with zero attached hydrogens (tertiary/aromatic N) is 1. The van der Waals surface area contributed by atoms with E-state index in [2.05, 4.69) is 5.32 Å². The summed E-state index contributed by atoms with van der Waals surface area (Å²) in [5.74, 6) is 0.950. The lowest BCUT2D eigenvalue weighted by Gasteiger charge is -2.12. The smallest absolute Gasteiger partial charge is 0.255 e. The van der Waals surface area contributed by atoms with Crippen molar-refractivity contribution in [2.75, 3.05) is 19.4 Å². The molecule has 28 heavy (non-hydrogen) atoms. The topological polar surface area (TPSA) is 75.7 Å². The van der Waals surface area contributed by atoms with E-state index < -0.39 is 10.0 Å². The van der Waals surface area contributed by atoms with Crippen LogP contribution in [0.4, 0.5) is 5.69 Å². The molecule has 0 aliphatic heterocycles. The maximum Gasteiger partial charge on any atom is 0.255 e. The molecule has 0 saturated heterocycles. The molecule has 0 spiro atoms. The number of hydrogen-bond donors (Lipinski definition) is 1. The maximum absolute atomic E-state index is 12.5. The molecular weight excluding hydrogens is 376 g/mol. The molecule has 0 heterocycles. The van der Waals surface area contributed by atoms with Crippen molar-refractivity contribution >= 4 is 21.6 Å². The molecule has 0 aliphatic rings. The molecule has 0 radical (unpaired) electrons. The highest BCUT2D eigenvalue weighted by molar-refractivity contribution is 7.89. The van der Waals surface area contributed by atoms with Gasteiger partial charge in [0.25, 0.3) is 5.91 Å². The van der Waals surface area contributed by atoms with Gasteiger partial charge < -0.3 is 10.1 Å². The van der Waals surface area contributed by atoms with Gasteiger partial charge in [-0.25, -0.2) is 12.7 Å². The summed E-state index contributed by atoms with van der Waals surface area (Å²) < 4.78 is 31.1. The summed E-state index contributed by atoms with van der Waals surface area (Å²) >= 11 is 0. The van der Waals surface area contributed by atoms with Gasteiger partial charge in [0.05, 0.1) is 4.90 Å². The van der Waals surface area contributed by atoms with Crippen LogP contribution in [0.2, 0.25) is 0 Å². The molecule has 6 nitrogen and oxygen atoms in total. The van der Waals surface area contributed by atoms with E-state index in [0.717, 1.165) is 4.31 Å².